The highest BCUT2D eigenvalue weighted by molar-refractivity contribution is 9.10. The smallest absolute Gasteiger partial charge is 0.271 e. The third-order valence-electron chi connectivity index (χ3n) is 4.39. The number of amides is 1. The fourth-order valence-electron chi connectivity index (χ4n) is 2.75. The zero-order valence-corrected chi connectivity index (χ0v) is 20.3. The molecule has 0 saturated carbocycles. The van der Waals surface area contributed by atoms with Gasteiger partial charge in [-0.3, -0.25) is 4.79 Å². The largest absolute Gasteiger partial charge is 0.493 e. The topological polar surface area (TPSA) is 69.2 Å². The van der Waals surface area contributed by atoms with E-state index in [1.54, 1.807) is 42.5 Å². The predicted octanol–water partition coefficient (Wildman–Crippen LogP) is 6.12. The molecule has 3 aromatic rings. The molecule has 0 saturated heterocycles. The van der Waals surface area contributed by atoms with E-state index in [1.807, 2.05) is 12.1 Å². The molecule has 1 amide bonds. The Bertz CT molecular complexity index is 1150. The molecule has 0 atom stereocenters. The standard InChI is InChI=1S/C23H19BrCl2N2O4/c1-30-21-7-4-14(10-22(21)31-2)23(29)28-27-12-16-9-17(24)5-8-20(16)32-13-15-3-6-18(25)11-19(15)26/h3-12H,13H2,1-2H3,(H,28,29)/b27-12+. The second-order valence-corrected chi connectivity index (χ2v) is 8.23. The Labute approximate surface area is 204 Å². The summed E-state index contributed by atoms with van der Waals surface area (Å²) >= 11 is 15.6. The van der Waals surface area contributed by atoms with Gasteiger partial charge in [0.1, 0.15) is 12.4 Å². The van der Waals surface area contributed by atoms with Gasteiger partial charge < -0.3 is 14.2 Å². The number of hydrogen-bond donors (Lipinski definition) is 1. The van der Waals surface area contributed by atoms with Gasteiger partial charge in [0, 0.05) is 31.2 Å². The van der Waals surface area contributed by atoms with Crippen molar-refractivity contribution < 1.29 is 19.0 Å². The molecule has 32 heavy (non-hydrogen) atoms. The number of nitrogens with zero attached hydrogens (tertiary/aromatic N) is 1. The van der Waals surface area contributed by atoms with Crippen LogP contribution >= 0.6 is 39.1 Å². The molecule has 0 fully saturated rings. The van der Waals surface area contributed by atoms with E-state index >= 15 is 0 Å². The number of nitrogens with one attached hydrogen (secondary N) is 1. The molecule has 0 heterocycles. The first-order valence-electron chi connectivity index (χ1n) is 9.33. The molecule has 166 valence electrons. The van der Waals surface area contributed by atoms with Crippen molar-refractivity contribution in [1.29, 1.82) is 0 Å². The number of hydrazone groups is 1. The maximum atomic E-state index is 12.4. The zero-order chi connectivity index (χ0) is 23.1. The van der Waals surface area contributed by atoms with Crippen LogP contribution in [0.2, 0.25) is 10.0 Å². The molecule has 3 rings (SSSR count). The molecule has 6 nitrogen and oxygen atoms in total. The van der Waals surface area contributed by atoms with Crippen molar-refractivity contribution in [3.63, 3.8) is 0 Å². The summed E-state index contributed by atoms with van der Waals surface area (Å²) in [7, 11) is 3.03. The molecule has 0 spiro atoms. The number of methoxy groups -OCH3 is 2. The Morgan fingerprint density at radius 1 is 1.00 bits per heavy atom. The second kappa shape index (κ2) is 11.2. The molecule has 0 aliphatic rings. The lowest BCUT2D eigenvalue weighted by molar-refractivity contribution is 0.0954. The summed E-state index contributed by atoms with van der Waals surface area (Å²) in [4.78, 5) is 12.4. The first-order chi connectivity index (χ1) is 15.4. The monoisotopic (exact) mass is 536 g/mol. The van der Waals surface area contributed by atoms with Gasteiger partial charge >= 0.3 is 0 Å². The first kappa shape index (κ1) is 23.9. The van der Waals surface area contributed by atoms with Gasteiger partial charge in [0.2, 0.25) is 0 Å². The summed E-state index contributed by atoms with van der Waals surface area (Å²) in [5.41, 5.74) is 4.34. The maximum absolute atomic E-state index is 12.4. The Balaban J connectivity index is 1.71. The van der Waals surface area contributed by atoms with Crippen molar-refractivity contribution in [2.24, 2.45) is 5.10 Å². The van der Waals surface area contributed by atoms with E-state index in [-0.39, 0.29) is 6.61 Å². The van der Waals surface area contributed by atoms with Crippen LogP contribution in [0.15, 0.2) is 64.2 Å². The Morgan fingerprint density at radius 3 is 2.47 bits per heavy atom. The predicted molar refractivity (Wildman–Crippen MR) is 130 cm³/mol. The normalized spacial score (nSPS) is 10.8. The van der Waals surface area contributed by atoms with E-state index < -0.39 is 5.91 Å². The number of rotatable bonds is 8. The van der Waals surface area contributed by atoms with Gasteiger partial charge in [0.15, 0.2) is 11.5 Å². The lowest BCUT2D eigenvalue weighted by Gasteiger charge is -2.11. The van der Waals surface area contributed by atoms with Crippen LogP contribution in [-0.4, -0.2) is 26.3 Å². The van der Waals surface area contributed by atoms with E-state index in [0.29, 0.717) is 38.4 Å². The number of carbonyl (C=O) groups excluding carboxylic acids is 1. The summed E-state index contributed by atoms with van der Waals surface area (Å²) in [5.74, 6) is 1.16. The lowest BCUT2D eigenvalue weighted by Crippen LogP contribution is -2.17. The van der Waals surface area contributed by atoms with Crippen molar-refractivity contribution in [3.05, 3.63) is 85.8 Å². The summed E-state index contributed by atoms with van der Waals surface area (Å²) in [5, 5.41) is 5.14. The van der Waals surface area contributed by atoms with E-state index in [0.717, 1.165) is 10.0 Å². The molecule has 0 aliphatic heterocycles. The fourth-order valence-corrected chi connectivity index (χ4v) is 3.59. The van der Waals surface area contributed by atoms with Crippen LogP contribution in [0.25, 0.3) is 0 Å². The maximum Gasteiger partial charge on any atom is 0.271 e. The molecular formula is C23H19BrCl2N2O4. The summed E-state index contributed by atoms with van der Waals surface area (Å²) in [6.07, 6.45) is 1.50. The highest BCUT2D eigenvalue weighted by Crippen LogP contribution is 2.28. The molecular weight excluding hydrogens is 519 g/mol. The molecule has 0 aliphatic carbocycles. The van der Waals surface area contributed by atoms with Gasteiger partial charge in [-0.15, -0.1) is 0 Å². The number of ether oxygens (including phenoxy) is 3. The first-order valence-corrected chi connectivity index (χ1v) is 10.9. The van der Waals surface area contributed by atoms with Crippen molar-refractivity contribution in [2.45, 2.75) is 6.61 Å². The third kappa shape index (κ3) is 6.16. The van der Waals surface area contributed by atoms with Gasteiger partial charge in [-0.05, 0) is 48.5 Å². The summed E-state index contributed by atoms with van der Waals surface area (Å²) in [6.45, 7) is 0.247. The highest BCUT2D eigenvalue weighted by Gasteiger charge is 2.11. The molecule has 0 aromatic heterocycles. The van der Waals surface area contributed by atoms with Crippen LogP contribution < -0.4 is 19.6 Å². The zero-order valence-electron chi connectivity index (χ0n) is 17.2. The minimum atomic E-state index is -0.396. The molecule has 0 bridgehead atoms. The van der Waals surface area contributed by atoms with Crippen molar-refractivity contribution in [1.82, 2.24) is 5.43 Å². The summed E-state index contributed by atoms with van der Waals surface area (Å²) < 4.78 is 17.2. The van der Waals surface area contributed by atoms with Crippen LogP contribution in [0.1, 0.15) is 21.5 Å². The van der Waals surface area contributed by atoms with Crippen LogP contribution in [0.5, 0.6) is 17.2 Å². The molecule has 0 unspecified atom stereocenters. The van der Waals surface area contributed by atoms with Gasteiger partial charge in [0.25, 0.3) is 5.91 Å². The van der Waals surface area contributed by atoms with Crippen LogP contribution in [0.4, 0.5) is 0 Å². The van der Waals surface area contributed by atoms with Crippen LogP contribution in [0.3, 0.4) is 0 Å². The van der Waals surface area contributed by atoms with E-state index in [4.69, 9.17) is 37.4 Å². The van der Waals surface area contributed by atoms with Gasteiger partial charge in [-0.1, -0.05) is 45.2 Å². The third-order valence-corrected chi connectivity index (χ3v) is 5.47. The lowest BCUT2D eigenvalue weighted by atomic mass is 10.2. The van der Waals surface area contributed by atoms with Gasteiger partial charge in [-0.25, -0.2) is 5.43 Å². The minimum Gasteiger partial charge on any atom is -0.493 e. The van der Waals surface area contributed by atoms with Crippen LogP contribution in [-0.2, 0) is 6.61 Å². The SMILES string of the molecule is COc1ccc(C(=O)N/N=C/c2cc(Br)ccc2OCc2ccc(Cl)cc2Cl)cc1OC. The fraction of sp³-hybridized carbons (Fsp3) is 0.130. The quantitative estimate of drug-likeness (QED) is 0.278. The molecule has 3 aromatic carbocycles. The van der Waals surface area contributed by atoms with Crippen LogP contribution in [0, 0.1) is 0 Å². The average Bonchev–Trinajstić information content (AvgIpc) is 2.79. The van der Waals surface area contributed by atoms with Crippen molar-refractivity contribution in [2.75, 3.05) is 14.2 Å². The Hall–Kier alpha value is -2.74. The number of halogens is 3. The Morgan fingerprint density at radius 2 is 1.75 bits per heavy atom. The summed E-state index contributed by atoms with van der Waals surface area (Å²) in [6, 6.07) is 15.5. The number of hydrogen-bond acceptors (Lipinski definition) is 5. The number of benzene rings is 3. The minimum absolute atomic E-state index is 0.247. The number of carbonyl (C=O) groups is 1. The molecule has 0 radical (unpaired) electrons. The van der Waals surface area contributed by atoms with Crippen molar-refractivity contribution in [3.8, 4) is 17.2 Å². The van der Waals surface area contributed by atoms with Crippen molar-refractivity contribution >= 4 is 51.3 Å². The van der Waals surface area contributed by atoms with Gasteiger partial charge in [-0.2, -0.15) is 5.10 Å². The van der Waals surface area contributed by atoms with E-state index in [9.17, 15) is 4.79 Å². The molecule has 9 heteroatoms. The molecule has 1 N–H and O–H groups in total. The van der Waals surface area contributed by atoms with Gasteiger partial charge in [0.05, 0.1) is 20.4 Å². The average molecular weight is 538 g/mol. The van der Waals surface area contributed by atoms with E-state index in [1.165, 1.54) is 20.4 Å². The van der Waals surface area contributed by atoms with E-state index in [2.05, 4.69) is 26.5 Å². The highest BCUT2D eigenvalue weighted by atomic mass is 79.9. The second-order valence-electron chi connectivity index (χ2n) is 6.48. The Kier molecular flexibility index (Phi) is 8.39.